The molecule has 0 N–H and O–H groups in total. The topological polar surface area (TPSA) is 0 Å². The summed E-state index contributed by atoms with van der Waals surface area (Å²) in [7, 11) is 15.6. The molecule has 0 nitrogen and oxygen atoms in total. The quantitative estimate of drug-likeness (QED) is 0.320. The molecule has 2 aliphatic rings. The van der Waals surface area contributed by atoms with Crippen LogP contribution in [0, 0.1) is 0 Å². The van der Waals surface area contributed by atoms with Gasteiger partial charge in [0.2, 0.25) is 0 Å². The number of hydrogen-bond acceptors (Lipinski definition) is 0. The van der Waals surface area contributed by atoms with E-state index in [1.165, 1.54) is 22.3 Å². The average molecular weight is 501 g/mol. The van der Waals surface area contributed by atoms with Crippen LogP contribution in [0.4, 0.5) is 0 Å². The maximum atomic E-state index is 7.79. The van der Waals surface area contributed by atoms with Gasteiger partial charge in [-0.2, -0.15) is 0 Å². The Hall–Kier alpha value is -1.14. The van der Waals surface area contributed by atoms with Crippen molar-refractivity contribution in [3.8, 4) is 0 Å². The van der Waals surface area contributed by atoms with E-state index in [1.54, 1.807) is 0 Å². The van der Waals surface area contributed by atoms with Crippen molar-refractivity contribution >= 4 is 29.2 Å². The molecule has 29 heavy (non-hydrogen) atoms. The first-order valence-corrected chi connectivity index (χ1v) is 19.0. The van der Waals surface area contributed by atoms with E-state index < -0.39 is 17.9 Å². The van der Waals surface area contributed by atoms with Gasteiger partial charge < -0.3 is 0 Å². The molecule has 0 fully saturated rings. The van der Waals surface area contributed by atoms with E-state index in [9.17, 15) is 0 Å². The zero-order chi connectivity index (χ0) is 20.5. The zero-order valence-corrected chi connectivity index (χ0v) is 20.6. The first-order chi connectivity index (χ1) is 14.0. The Bertz CT molecular complexity index is 924. The summed E-state index contributed by atoms with van der Waals surface area (Å²) in [5.74, 6) is 0. The van der Waals surface area contributed by atoms with Crippen LogP contribution < -0.4 is 0 Å². The summed E-state index contributed by atoms with van der Waals surface area (Å²) in [5, 5.41) is 0. The molecule has 4 rings (SSSR count). The number of rotatable bonds is 8. The fourth-order valence-electron chi connectivity index (χ4n) is 5.10. The molecule has 2 atom stereocenters. The van der Waals surface area contributed by atoms with E-state index in [2.05, 4.69) is 86.0 Å². The summed E-state index contributed by atoms with van der Waals surface area (Å²) in [5.41, 5.74) is 5.07. The second-order valence-corrected chi connectivity index (χ2v) is 23.1. The number of fused-ring (bicyclic) bond motifs is 2. The van der Waals surface area contributed by atoms with Crippen LogP contribution in [-0.2, 0) is 24.1 Å². The molecular weight excluding hydrogens is 474 g/mol. The Labute approximate surface area is 186 Å². The minimum atomic E-state index is -4.04. The Balaban J connectivity index is 1.94. The van der Waals surface area contributed by atoms with E-state index in [1.807, 2.05) is 12.2 Å². The molecule has 0 aliphatic heterocycles. The van der Waals surface area contributed by atoms with Crippen molar-refractivity contribution in [2.45, 2.75) is 31.9 Å². The van der Waals surface area contributed by atoms with Gasteiger partial charge in [-0.3, -0.25) is 0 Å². The van der Waals surface area contributed by atoms with Crippen molar-refractivity contribution in [2.75, 3.05) is 0 Å². The molecule has 0 saturated carbocycles. The van der Waals surface area contributed by atoms with E-state index in [0.29, 0.717) is 0 Å². The third-order valence-corrected chi connectivity index (χ3v) is 23.4. The Morgan fingerprint density at radius 3 is 1.55 bits per heavy atom. The van der Waals surface area contributed by atoms with Crippen molar-refractivity contribution < 1.29 is 17.9 Å². The number of halogens is 2. The van der Waals surface area contributed by atoms with Crippen LogP contribution in [0.25, 0.3) is 12.2 Å². The standard InChI is InChI=1S/2C13H13.2ClH.Zr/c2*1-2-3-6-11-9-10-12-7-4-5-8-13(11)12;;;/h2*2,4-5,7-10H,1,3,6H2;2*1H;/q;;;;+2/p-2. The van der Waals surface area contributed by atoms with Crippen LogP contribution in [-0.4, -0.2) is 0 Å². The van der Waals surface area contributed by atoms with Gasteiger partial charge in [0.05, 0.1) is 0 Å². The predicted octanol–water partition coefficient (Wildman–Crippen LogP) is 8.22. The summed E-state index contributed by atoms with van der Waals surface area (Å²) in [6.45, 7) is 7.95. The number of benzene rings is 2. The Kier molecular flexibility index (Phi) is 5.96. The fourth-order valence-corrected chi connectivity index (χ4v) is 19.7. The zero-order valence-electron chi connectivity index (χ0n) is 16.6. The molecule has 0 amide bonds. The average Bonchev–Trinajstić information content (AvgIpc) is 3.32. The van der Waals surface area contributed by atoms with Crippen LogP contribution in [0.3, 0.4) is 0 Å². The summed E-state index contributed by atoms with van der Waals surface area (Å²) in [6.07, 6.45) is 16.6. The molecule has 2 aromatic rings. The van der Waals surface area contributed by atoms with Gasteiger partial charge in [0.1, 0.15) is 0 Å². The molecule has 0 bridgehead atoms. The van der Waals surface area contributed by atoms with E-state index in [4.69, 9.17) is 17.0 Å². The molecular formula is C26H26Cl2Zr. The Morgan fingerprint density at radius 1 is 0.724 bits per heavy atom. The Morgan fingerprint density at radius 2 is 1.14 bits per heavy atom. The van der Waals surface area contributed by atoms with Crippen LogP contribution in [0.1, 0.15) is 47.9 Å². The van der Waals surface area contributed by atoms with Crippen molar-refractivity contribution in [3.63, 3.8) is 0 Å². The van der Waals surface area contributed by atoms with Gasteiger partial charge in [0.15, 0.2) is 0 Å². The minimum absolute atomic E-state index is 0.300. The van der Waals surface area contributed by atoms with Gasteiger partial charge >= 0.3 is 187 Å². The summed E-state index contributed by atoms with van der Waals surface area (Å²) < 4.78 is -0.600. The summed E-state index contributed by atoms with van der Waals surface area (Å²) in [4.78, 5) is 0. The molecule has 0 aromatic heterocycles. The van der Waals surface area contributed by atoms with Crippen molar-refractivity contribution in [3.05, 3.63) is 108 Å². The fraction of sp³-hybridized carbons (Fsp3) is 0.231. The molecule has 0 saturated heterocycles. The molecule has 148 valence electrons. The van der Waals surface area contributed by atoms with Gasteiger partial charge in [-0.1, -0.05) is 0 Å². The summed E-state index contributed by atoms with van der Waals surface area (Å²) >= 11 is -4.04. The van der Waals surface area contributed by atoms with Crippen LogP contribution >= 0.6 is 17.0 Å². The van der Waals surface area contributed by atoms with Gasteiger partial charge in [-0.15, -0.1) is 0 Å². The van der Waals surface area contributed by atoms with Gasteiger partial charge in [-0.05, 0) is 0 Å². The first-order valence-electron chi connectivity index (χ1n) is 10.2. The molecule has 2 unspecified atom stereocenters. The van der Waals surface area contributed by atoms with Crippen LogP contribution in [0.5, 0.6) is 0 Å². The van der Waals surface area contributed by atoms with E-state index in [-0.39, 0.29) is 6.25 Å². The van der Waals surface area contributed by atoms with Gasteiger partial charge in [-0.25, -0.2) is 0 Å². The molecule has 0 radical (unpaired) electrons. The SMILES string of the molecule is C=CCC[C]1([Zr]([Cl])([Cl])[C]2(CCC=C)C=Cc3ccccc32)C=Cc2ccccc21. The van der Waals surface area contributed by atoms with Crippen molar-refractivity contribution in [1.29, 1.82) is 0 Å². The van der Waals surface area contributed by atoms with Crippen molar-refractivity contribution in [2.24, 2.45) is 0 Å². The van der Waals surface area contributed by atoms with Crippen LogP contribution in [0.2, 0.25) is 0 Å². The summed E-state index contributed by atoms with van der Waals surface area (Å²) in [6, 6.07) is 17.2. The maximum absolute atomic E-state index is 7.79. The molecule has 3 heteroatoms. The number of hydrogen-bond donors (Lipinski definition) is 0. The normalized spacial score (nSPS) is 24.3. The molecule has 2 aliphatic carbocycles. The third kappa shape index (κ3) is 3.13. The monoisotopic (exact) mass is 498 g/mol. The second kappa shape index (κ2) is 8.18. The predicted molar refractivity (Wildman–Crippen MR) is 125 cm³/mol. The molecule has 0 heterocycles. The van der Waals surface area contributed by atoms with E-state index >= 15 is 0 Å². The second-order valence-electron chi connectivity index (χ2n) is 8.01. The van der Waals surface area contributed by atoms with Gasteiger partial charge in [0, 0.05) is 0 Å². The van der Waals surface area contributed by atoms with Gasteiger partial charge in [0.25, 0.3) is 0 Å². The van der Waals surface area contributed by atoms with Crippen molar-refractivity contribution in [1.82, 2.24) is 0 Å². The number of allylic oxidation sites excluding steroid dienone is 4. The van der Waals surface area contributed by atoms with Crippen LogP contribution in [0.15, 0.2) is 86.0 Å². The molecule has 2 aromatic carbocycles. The third-order valence-electron chi connectivity index (χ3n) is 6.58. The van der Waals surface area contributed by atoms with E-state index in [0.717, 1.165) is 25.7 Å². The first kappa shape index (κ1) is 21.1. The molecule has 0 spiro atoms.